The third-order valence-corrected chi connectivity index (χ3v) is 4.20. The largest absolute Gasteiger partial charge is 0.294 e. The summed E-state index contributed by atoms with van der Waals surface area (Å²) >= 11 is 10.7. The maximum Gasteiger partial charge on any atom is 0.169 e. The van der Waals surface area contributed by atoms with Gasteiger partial charge < -0.3 is 0 Å². The van der Waals surface area contributed by atoms with Gasteiger partial charge in [0.2, 0.25) is 0 Å². The summed E-state index contributed by atoms with van der Waals surface area (Å²) in [4.78, 5) is 12.9. The van der Waals surface area contributed by atoms with Crippen molar-refractivity contribution in [2.75, 3.05) is 0 Å². The van der Waals surface area contributed by atoms with Crippen LogP contribution in [0, 0.1) is 5.82 Å². The fraction of sp³-hybridized carbons (Fsp3) is 0.0833. The number of hydrogen-bond donors (Lipinski definition) is 0. The van der Waals surface area contributed by atoms with Gasteiger partial charge in [0.25, 0.3) is 0 Å². The molecule has 0 saturated heterocycles. The van der Waals surface area contributed by atoms with E-state index in [2.05, 4.69) is 15.9 Å². The van der Waals surface area contributed by atoms with Crippen LogP contribution in [0.4, 0.5) is 4.39 Å². The van der Waals surface area contributed by atoms with Crippen molar-refractivity contribution in [3.63, 3.8) is 0 Å². The van der Waals surface area contributed by atoms with E-state index in [1.165, 1.54) is 23.5 Å². The number of carbonyl (C=O) groups excluding carboxylic acids is 1. The summed E-state index contributed by atoms with van der Waals surface area (Å²) in [5.74, 6) is -0.547. The molecule has 0 unspecified atom stereocenters. The molecule has 0 radical (unpaired) electrons. The van der Waals surface area contributed by atoms with Gasteiger partial charge in [0.15, 0.2) is 5.78 Å². The quantitative estimate of drug-likeness (QED) is 0.742. The standard InChI is InChI=1S/C12H7BrClFOS/c13-7-3-9(17-6-7)5-12(16)10-2-1-8(15)4-11(10)14/h1-4,6H,5H2. The summed E-state index contributed by atoms with van der Waals surface area (Å²) in [6.45, 7) is 0. The molecule has 0 aliphatic carbocycles. The van der Waals surface area contributed by atoms with Crippen molar-refractivity contribution in [2.24, 2.45) is 0 Å². The van der Waals surface area contributed by atoms with Crippen LogP contribution in [0.3, 0.4) is 0 Å². The average Bonchev–Trinajstić information content (AvgIpc) is 2.63. The lowest BCUT2D eigenvalue weighted by Gasteiger charge is -2.02. The minimum Gasteiger partial charge on any atom is -0.294 e. The normalized spacial score (nSPS) is 10.5. The molecule has 0 spiro atoms. The van der Waals surface area contributed by atoms with Crippen molar-refractivity contribution >= 4 is 44.7 Å². The molecule has 1 heterocycles. The Kier molecular flexibility index (Phi) is 3.97. The van der Waals surface area contributed by atoms with Gasteiger partial charge in [-0.15, -0.1) is 11.3 Å². The van der Waals surface area contributed by atoms with E-state index in [9.17, 15) is 9.18 Å². The van der Waals surface area contributed by atoms with E-state index in [0.717, 1.165) is 15.4 Å². The highest BCUT2D eigenvalue weighted by Gasteiger charge is 2.12. The van der Waals surface area contributed by atoms with Crippen LogP contribution in [0.15, 0.2) is 34.1 Å². The number of ketones is 1. The number of thiophene rings is 1. The summed E-state index contributed by atoms with van der Waals surface area (Å²) in [6.07, 6.45) is 0.279. The first-order chi connectivity index (χ1) is 8.06. The van der Waals surface area contributed by atoms with E-state index in [1.807, 2.05) is 11.4 Å². The second kappa shape index (κ2) is 5.29. The van der Waals surface area contributed by atoms with Crippen molar-refractivity contribution in [1.82, 2.24) is 0 Å². The van der Waals surface area contributed by atoms with Crippen LogP contribution < -0.4 is 0 Å². The molecule has 5 heteroatoms. The van der Waals surface area contributed by atoms with E-state index in [0.29, 0.717) is 5.56 Å². The van der Waals surface area contributed by atoms with E-state index >= 15 is 0 Å². The highest BCUT2D eigenvalue weighted by Crippen LogP contribution is 2.23. The van der Waals surface area contributed by atoms with Crippen LogP contribution in [0.5, 0.6) is 0 Å². The van der Waals surface area contributed by atoms with Crippen molar-refractivity contribution in [3.8, 4) is 0 Å². The molecule has 0 bridgehead atoms. The number of rotatable bonds is 3. The van der Waals surface area contributed by atoms with E-state index in [-0.39, 0.29) is 17.2 Å². The fourth-order valence-electron chi connectivity index (χ4n) is 1.42. The number of benzene rings is 1. The predicted molar refractivity (Wildman–Crippen MR) is 71.5 cm³/mol. The molecule has 2 aromatic rings. The summed E-state index contributed by atoms with van der Waals surface area (Å²) in [5, 5.41) is 2.07. The van der Waals surface area contributed by atoms with Crippen LogP contribution in [0.1, 0.15) is 15.2 Å². The Morgan fingerprint density at radius 1 is 1.41 bits per heavy atom. The molecule has 0 saturated carbocycles. The van der Waals surface area contributed by atoms with Gasteiger partial charge in [-0.2, -0.15) is 0 Å². The number of Topliss-reactive ketones (excluding diaryl/α,β-unsaturated/α-hetero) is 1. The number of halogens is 3. The average molecular weight is 334 g/mol. The highest BCUT2D eigenvalue weighted by molar-refractivity contribution is 9.10. The van der Waals surface area contributed by atoms with E-state index < -0.39 is 5.82 Å². The molecule has 0 aliphatic heterocycles. The highest BCUT2D eigenvalue weighted by atomic mass is 79.9. The van der Waals surface area contributed by atoms with Crippen molar-refractivity contribution in [1.29, 1.82) is 0 Å². The molecule has 0 aliphatic rings. The lowest BCUT2D eigenvalue weighted by Crippen LogP contribution is -2.03. The molecule has 0 fully saturated rings. The molecule has 1 nitrogen and oxygen atoms in total. The molecule has 0 N–H and O–H groups in total. The minimum absolute atomic E-state index is 0.107. The summed E-state index contributed by atoms with van der Waals surface area (Å²) in [6, 6.07) is 5.70. The smallest absolute Gasteiger partial charge is 0.169 e. The first-order valence-corrected chi connectivity index (χ1v) is 6.82. The Bertz CT molecular complexity index is 567. The van der Waals surface area contributed by atoms with Gasteiger partial charge in [-0.25, -0.2) is 4.39 Å². The fourth-order valence-corrected chi connectivity index (χ4v) is 3.14. The Balaban J connectivity index is 2.20. The maximum atomic E-state index is 12.8. The van der Waals surface area contributed by atoms with Gasteiger partial charge in [0.1, 0.15) is 5.82 Å². The van der Waals surface area contributed by atoms with Crippen molar-refractivity contribution < 1.29 is 9.18 Å². The minimum atomic E-state index is -0.439. The van der Waals surface area contributed by atoms with E-state index in [4.69, 9.17) is 11.6 Å². The van der Waals surface area contributed by atoms with Crippen LogP contribution in [0.25, 0.3) is 0 Å². The molecular weight excluding hydrogens is 327 g/mol. The first-order valence-electron chi connectivity index (χ1n) is 4.77. The van der Waals surface area contributed by atoms with Gasteiger partial charge >= 0.3 is 0 Å². The number of hydrogen-bond acceptors (Lipinski definition) is 2. The Hall–Kier alpha value is -0.710. The van der Waals surface area contributed by atoms with Gasteiger partial charge in [-0.3, -0.25) is 4.79 Å². The molecule has 0 atom stereocenters. The summed E-state index contributed by atoms with van der Waals surface area (Å²) < 4.78 is 13.8. The Labute approximate surface area is 115 Å². The first kappa shape index (κ1) is 12.7. The van der Waals surface area contributed by atoms with Gasteiger partial charge in [-0.1, -0.05) is 11.6 Å². The Morgan fingerprint density at radius 2 is 2.18 bits per heavy atom. The van der Waals surface area contributed by atoms with E-state index in [1.54, 1.807) is 0 Å². The number of carbonyl (C=O) groups is 1. The molecule has 88 valence electrons. The van der Waals surface area contributed by atoms with Crippen LogP contribution >= 0.6 is 38.9 Å². The second-order valence-electron chi connectivity index (χ2n) is 3.46. The zero-order valence-electron chi connectivity index (χ0n) is 8.54. The maximum absolute atomic E-state index is 12.8. The Morgan fingerprint density at radius 3 is 2.76 bits per heavy atom. The predicted octanol–water partition coefficient (Wildman–Crippen LogP) is 4.73. The summed E-state index contributed by atoms with van der Waals surface area (Å²) in [5.41, 5.74) is 0.359. The van der Waals surface area contributed by atoms with Crippen LogP contribution in [-0.2, 0) is 6.42 Å². The lowest BCUT2D eigenvalue weighted by molar-refractivity contribution is 0.0994. The molecule has 0 amide bonds. The summed E-state index contributed by atoms with van der Waals surface area (Å²) in [7, 11) is 0. The SMILES string of the molecule is O=C(Cc1cc(Br)cs1)c1ccc(F)cc1Cl. The third-order valence-electron chi connectivity index (χ3n) is 2.19. The third kappa shape index (κ3) is 3.15. The van der Waals surface area contributed by atoms with Gasteiger partial charge in [-0.05, 0) is 40.2 Å². The lowest BCUT2D eigenvalue weighted by atomic mass is 10.1. The molecule has 17 heavy (non-hydrogen) atoms. The van der Waals surface area contributed by atoms with Crippen molar-refractivity contribution in [3.05, 3.63) is 55.4 Å². The topological polar surface area (TPSA) is 17.1 Å². The van der Waals surface area contributed by atoms with Crippen LogP contribution in [0.2, 0.25) is 5.02 Å². The van der Waals surface area contributed by atoms with Crippen molar-refractivity contribution in [2.45, 2.75) is 6.42 Å². The molecular formula is C12H7BrClFOS. The van der Waals surface area contributed by atoms with Gasteiger partial charge in [0.05, 0.1) is 5.02 Å². The van der Waals surface area contributed by atoms with Crippen LogP contribution in [-0.4, -0.2) is 5.78 Å². The second-order valence-corrected chi connectivity index (χ2v) is 5.77. The molecule has 1 aromatic carbocycles. The molecule has 1 aromatic heterocycles. The zero-order chi connectivity index (χ0) is 12.4. The molecule has 2 rings (SSSR count). The monoisotopic (exact) mass is 332 g/mol. The zero-order valence-corrected chi connectivity index (χ0v) is 11.7. The van der Waals surface area contributed by atoms with Gasteiger partial charge in [0, 0.05) is 26.7 Å².